The summed E-state index contributed by atoms with van der Waals surface area (Å²) in [6, 6.07) is 1.51. The lowest BCUT2D eigenvalue weighted by Crippen LogP contribution is -2.29. The van der Waals surface area contributed by atoms with Gasteiger partial charge in [-0.15, -0.1) is 11.3 Å². The van der Waals surface area contributed by atoms with Crippen molar-refractivity contribution in [2.45, 2.75) is 0 Å². The molecule has 0 radical (unpaired) electrons. The predicted molar refractivity (Wildman–Crippen MR) is 71.3 cm³/mol. The van der Waals surface area contributed by atoms with Gasteiger partial charge in [0.05, 0.1) is 12.8 Å². The van der Waals surface area contributed by atoms with Crippen molar-refractivity contribution in [1.29, 1.82) is 0 Å². The molecule has 0 saturated heterocycles. The van der Waals surface area contributed by atoms with Crippen molar-refractivity contribution in [3.05, 3.63) is 48.9 Å². The topological polar surface area (TPSA) is 121 Å². The molecule has 1 amide bonds. The number of carbonyl (C=O) groups is 2. The van der Waals surface area contributed by atoms with E-state index in [4.69, 9.17) is 0 Å². The first kappa shape index (κ1) is 13.7. The Morgan fingerprint density at radius 1 is 1.35 bits per heavy atom. The molecule has 2 heterocycles. The minimum atomic E-state index is -0.818. The van der Waals surface area contributed by atoms with Crippen LogP contribution in [0.5, 0.6) is 0 Å². The Labute approximate surface area is 115 Å². The summed E-state index contributed by atoms with van der Waals surface area (Å²) in [6.07, 6.45) is 1.00. The molecule has 0 aliphatic carbocycles. The maximum absolute atomic E-state index is 11.9. The Kier molecular flexibility index (Phi) is 3.80. The minimum absolute atomic E-state index is 0.210. The molecule has 0 saturated carbocycles. The molecule has 0 aliphatic heterocycles. The Morgan fingerprint density at radius 2 is 2.10 bits per heavy atom. The summed E-state index contributed by atoms with van der Waals surface area (Å²) in [5.41, 5.74) is -1.57. The number of hydrogen-bond donors (Lipinski definition) is 3. The summed E-state index contributed by atoms with van der Waals surface area (Å²) >= 11 is 1.09. The van der Waals surface area contributed by atoms with Gasteiger partial charge in [-0.1, -0.05) is 0 Å². The highest BCUT2D eigenvalue weighted by molar-refractivity contribution is 7.12. The van der Waals surface area contributed by atoms with Crippen LogP contribution in [0.1, 0.15) is 20.0 Å². The van der Waals surface area contributed by atoms with E-state index in [0.717, 1.165) is 17.5 Å². The number of aromatic amines is 2. The molecule has 0 fully saturated rings. The molecule has 0 aliphatic rings. The van der Waals surface area contributed by atoms with Crippen molar-refractivity contribution >= 4 is 28.9 Å². The number of aromatic nitrogens is 2. The van der Waals surface area contributed by atoms with Crippen molar-refractivity contribution < 1.29 is 14.3 Å². The van der Waals surface area contributed by atoms with Gasteiger partial charge in [-0.3, -0.25) is 14.6 Å². The molecule has 2 aromatic rings. The average Bonchev–Trinajstić information content (AvgIpc) is 2.85. The summed E-state index contributed by atoms with van der Waals surface area (Å²) in [5.74, 6) is -1.34. The highest BCUT2D eigenvalue weighted by atomic mass is 32.1. The number of hydrogen-bond acceptors (Lipinski definition) is 6. The number of esters is 1. The second-order valence-corrected chi connectivity index (χ2v) is 4.51. The SMILES string of the molecule is COC(=O)c1sccc1NC(=O)c1c[nH]c(=O)[nH]c1=O. The molecule has 0 spiro atoms. The molecule has 2 aromatic heterocycles. The second kappa shape index (κ2) is 5.53. The number of thiophene rings is 1. The number of methoxy groups -OCH3 is 1. The third-order valence-electron chi connectivity index (χ3n) is 2.35. The number of ether oxygens (including phenoxy) is 1. The lowest BCUT2D eigenvalue weighted by molar-refractivity contribution is 0.0607. The van der Waals surface area contributed by atoms with E-state index in [1.165, 1.54) is 13.2 Å². The van der Waals surface area contributed by atoms with Crippen molar-refractivity contribution in [2.75, 3.05) is 12.4 Å². The van der Waals surface area contributed by atoms with E-state index in [1.54, 1.807) is 5.38 Å². The largest absolute Gasteiger partial charge is 0.465 e. The summed E-state index contributed by atoms with van der Waals surface area (Å²) in [4.78, 5) is 50.0. The maximum atomic E-state index is 11.9. The molecule has 0 aromatic carbocycles. The number of H-pyrrole nitrogens is 2. The first-order valence-corrected chi connectivity index (χ1v) is 6.20. The van der Waals surface area contributed by atoms with Crippen LogP contribution in [0, 0.1) is 0 Å². The summed E-state index contributed by atoms with van der Waals surface area (Å²) < 4.78 is 4.57. The maximum Gasteiger partial charge on any atom is 0.350 e. The zero-order valence-corrected chi connectivity index (χ0v) is 11.0. The van der Waals surface area contributed by atoms with Gasteiger partial charge in [-0.05, 0) is 11.4 Å². The van der Waals surface area contributed by atoms with Crippen LogP contribution in [0.15, 0.2) is 27.2 Å². The molecular weight excluding hydrogens is 286 g/mol. The average molecular weight is 295 g/mol. The third kappa shape index (κ3) is 2.67. The van der Waals surface area contributed by atoms with Crippen LogP contribution < -0.4 is 16.6 Å². The minimum Gasteiger partial charge on any atom is -0.465 e. The van der Waals surface area contributed by atoms with Crippen LogP contribution in [0.3, 0.4) is 0 Å². The van der Waals surface area contributed by atoms with Gasteiger partial charge in [0.25, 0.3) is 11.5 Å². The van der Waals surface area contributed by atoms with Gasteiger partial charge < -0.3 is 15.0 Å². The number of carbonyl (C=O) groups excluding carboxylic acids is 2. The smallest absolute Gasteiger partial charge is 0.350 e. The molecule has 104 valence electrons. The fourth-order valence-electron chi connectivity index (χ4n) is 1.43. The second-order valence-electron chi connectivity index (χ2n) is 3.59. The van der Waals surface area contributed by atoms with Crippen LogP contribution in [0.25, 0.3) is 0 Å². The zero-order valence-electron chi connectivity index (χ0n) is 10.2. The molecule has 8 nitrogen and oxygen atoms in total. The van der Waals surface area contributed by atoms with E-state index in [-0.39, 0.29) is 16.1 Å². The van der Waals surface area contributed by atoms with Crippen molar-refractivity contribution in [3.8, 4) is 0 Å². The Hall–Kier alpha value is -2.68. The highest BCUT2D eigenvalue weighted by Crippen LogP contribution is 2.23. The van der Waals surface area contributed by atoms with Crippen molar-refractivity contribution in [3.63, 3.8) is 0 Å². The fraction of sp³-hybridized carbons (Fsp3) is 0.0909. The standard InChI is InChI=1S/C11H9N3O5S/c1-19-10(17)7-6(2-3-20-7)13-8(15)5-4-12-11(18)14-9(5)16/h2-4H,1H3,(H,13,15)(H2,12,14,16,18). The fourth-order valence-corrected chi connectivity index (χ4v) is 2.19. The number of nitrogens with one attached hydrogen (secondary N) is 3. The molecule has 3 N–H and O–H groups in total. The van der Waals surface area contributed by atoms with E-state index in [1.807, 2.05) is 4.98 Å². The lowest BCUT2D eigenvalue weighted by Gasteiger charge is -2.04. The molecule has 0 atom stereocenters. The van der Waals surface area contributed by atoms with Crippen LogP contribution in [-0.4, -0.2) is 29.0 Å². The van der Waals surface area contributed by atoms with Crippen LogP contribution in [-0.2, 0) is 4.74 Å². The van der Waals surface area contributed by atoms with Crippen LogP contribution >= 0.6 is 11.3 Å². The highest BCUT2D eigenvalue weighted by Gasteiger charge is 2.17. The van der Waals surface area contributed by atoms with E-state index < -0.39 is 23.1 Å². The number of anilines is 1. The molecule has 20 heavy (non-hydrogen) atoms. The van der Waals surface area contributed by atoms with E-state index >= 15 is 0 Å². The Morgan fingerprint density at radius 3 is 2.75 bits per heavy atom. The number of amides is 1. The van der Waals surface area contributed by atoms with Gasteiger partial charge in [0.2, 0.25) is 0 Å². The zero-order chi connectivity index (χ0) is 14.7. The van der Waals surface area contributed by atoms with E-state index in [2.05, 4.69) is 15.0 Å². The third-order valence-corrected chi connectivity index (χ3v) is 3.24. The summed E-state index contributed by atoms with van der Waals surface area (Å²) in [7, 11) is 1.22. The first-order chi connectivity index (χ1) is 9.52. The summed E-state index contributed by atoms with van der Waals surface area (Å²) in [5, 5.41) is 4.01. The van der Waals surface area contributed by atoms with E-state index in [9.17, 15) is 19.2 Å². The molecule has 2 rings (SSSR count). The van der Waals surface area contributed by atoms with Crippen LogP contribution in [0.4, 0.5) is 5.69 Å². The first-order valence-electron chi connectivity index (χ1n) is 5.32. The Bertz CT molecular complexity index is 773. The van der Waals surface area contributed by atoms with Gasteiger partial charge in [0, 0.05) is 6.20 Å². The van der Waals surface area contributed by atoms with Gasteiger partial charge in [0.15, 0.2) is 0 Å². The number of rotatable bonds is 3. The molecule has 9 heteroatoms. The quantitative estimate of drug-likeness (QED) is 0.697. The Balaban J connectivity index is 2.29. The van der Waals surface area contributed by atoms with Gasteiger partial charge in [0.1, 0.15) is 10.4 Å². The predicted octanol–water partition coefficient (Wildman–Crippen LogP) is 0.164. The van der Waals surface area contributed by atoms with Gasteiger partial charge in [-0.2, -0.15) is 0 Å². The van der Waals surface area contributed by atoms with Gasteiger partial charge >= 0.3 is 11.7 Å². The van der Waals surface area contributed by atoms with Crippen molar-refractivity contribution in [2.24, 2.45) is 0 Å². The van der Waals surface area contributed by atoms with E-state index in [0.29, 0.717) is 0 Å². The van der Waals surface area contributed by atoms with Crippen LogP contribution in [0.2, 0.25) is 0 Å². The molecule has 0 unspecified atom stereocenters. The molecular formula is C11H9N3O5S. The van der Waals surface area contributed by atoms with Gasteiger partial charge in [-0.25, -0.2) is 9.59 Å². The normalized spacial score (nSPS) is 10.1. The monoisotopic (exact) mass is 295 g/mol. The lowest BCUT2D eigenvalue weighted by atomic mass is 10.3. The molecule has 0 bridgehead atoms. The van der Waals surface area contributed by atoms with Crippen molar-refractivity contribution in [1.82, 2.24) is 9.97 Å². The summed E-state index contributed by atoms with van der Waals surface area (Å²) in [6.45, 7) is 0.